The van der Waals surface area contributed by atoms with E-state index in [9.17, 15) is 20.4 Å². The Bertz CT molecular complexity index is 1050. The minimum atomic E-state index is -0.287. The van der Waals surface area contributed by atoms with Crippen molar-refractivity contribution >= 4 is 11.2 Å². The van der Waals surface area contributed by atoms with Crippen molar-refractivity contribution in [2.75, 3.05) is 0 Å². The van der Waals surface area contributed by atoms with Gasteiger partial charge in [0.25, 0.3) is 0 Å². The standard InChI is InChI=1S/C19H13N3O4/c23-13-5-3-10(8-15(13)25)17-18(11-4-6-14(24)16(26)9-11)22-19-12(21-17)2-1-7-20-19/h1-9,23-26H. The zero-order valence-corrected chi connectivity index (χ0v) is 13.3. The largest absolute Gasteiger partial charge is 0.504 e. The summed E-state index contributed by atoms with van der Waals surface area (Å²) in [5, 5.41) is 38.8. The van der Waals surface area contributed by atoms with Gasteiger partial charge in [0.15, 0.2) is 28.6 Å². The van der Waals surface area contributed by atoms with Crippen molar-refractivity contribution in [2.45, 2.75) is 0 Å². The molecular weight excluding hydrogens is 334 g/mol. The second-order valence-electron chi connectivity index (χ2n) is 5.67. The van der Waals surface area contributed by atoms with Crippen LogP contribution in [0.2, 0.25) is 0 Å². The fourth-order valence-corrected chi connectivity index (χ4v) is 2.64. The predicted octanol–water partition coefficient (Wildman–Crippen LogP) is 3.18. The maximum absolute atomic E-state index is 9.83. The Hall–Kier alpha value is -3.87. The van der Waals surface area contributed by atoms with Gasteiger partial charge in [0.1, 0.15) is 5.52 Å². The molecule has 0 saturated heterocycles. The van der Waals surface area contributed by atoms with Crippen LogP contribution in [-0.4, -0.2) is 35.4 Å². The minimum Gasteiger partial charge on any atom is -0.504 e. The van der Waals surface area contributed by atoms with Crippen molar-refractivity contribution in [1.82, 2.24) is 15.0 Å². The normalized spacial score (nSPS) is 10.9. The maximum Gasteiger partial charge on any atom is 0.178 e. The Morgan fingerprint density at radius 3 is 1.77 bits per heavy atom. The quantitative estimate of drug-likeness (QED) is 0.411. The van der Waals surface area contributed by atoms with E-state index < -0.39 is 0 Å². The number of hydrogen-bond acceptors (Lipinski definition) is 7. The summed E-state index contributed by atoms with van der Waals surface area (Å²) in [6.45, 7) is 0. The lowest BCUT2D eigenvalue weighted by Crippen LogP contribution is -1.96. The summed E-state index contributed by atoms with van der Waals surface area (Å²) >= 11 is 0. The zero-order valence-electron chi connectivity index (χ0n) is 13.3. The molecule has 2 heterocycles. The van der Waals surface area contributed by atoms with Crippen LogP contribution >= 0.6 is 0 Å². The van der Waals surface area contributed by atoms with Gasteiger partial charge < -0.3 is 20.4 Å². The smallest absolute Gasteiger partial charge is 0.178 e. The van der Waals surface area contributed by atoms with Crippen LogP contribution in [0.4, 0.5) is 0 Å². The van der Waals surface area contributed by atoms with E-state index in [4.69, 9.17) is 0 Å². The third-order valence-corrected chi connectivity index (χ3v) is 3.94. The minimum absolute atomic E-state index is 0.243. The van der Waals surface area contributed by atoms with E-state index in [1.807, 2.05) is 0 Å². The van der Waals surface area contributed by atoms with Gasteiger partial charge in [-0.15, -0.1) is 0 Å². The van der Waals surface area contributed by atoms with Gasteiger partial charge in [0, 0.05) is 17.3 Å². The van der Waals surface area contributed by atoms with Gasteiger partial charge in [0.2, 0.25) is 0 Å². The Kier molecular flexibility index (Phi) is 3.54. The SMILES string of the molecule is Oc1ccc(-c2nc3cccnc3nc2-c2ccc(O)c(O)c2)cc1O. The summed E-state index contributed by atoms with van der Waals surface area (Å²) < 4.78 is 0. The van der Waals surface area contributed by atoms with E-state index in [1.165, 1.54) is 24.3 Å². The van der Waals surface area contributed by atoms with Crippen molar-refractivity contribution in [3.05, 3.63) is 54.7 Å². The molecule has 0 aliphatic heterocycles. The lowest BCUT2D eigenvalue weighted by Gasteiger charge is -2.11. The number of nitrogens with zero attached hydrogens (tertiary/aromatic N) is 3. The molecule has 2 aromatic carbocycles. The molecule has 0 radical (unpaired) electrons. The van der Waals surface area contributed by atoms with Gasteiger partial charge in [-0.2, -0.15) is 0 Å². The lowest BCUT2D eigenvalue weighted by atomic mass is 10.0. The molecule has 128 valence electrons. The topological polar surface area (TPSA) is 120 Å². The highest BCUT2D eigenvalue weighted by atomic mass is 16.3. The van der Waals surface area contributed by atoms with Crippen LogP contribution in [0.25, 0.3) is 33.7 Å². The highest BCUT2D eigenvalue weighted by Gasteiger charge is 2.16. The number of benzene rings is 2. The number of phenolic OH excluding ortho intramolecular Hbond substituents is 4. The fourth-order valence-electron chi connectivity index (χ4n) is 2.64. The predicted molar refractivity (Wildman–Crippen MR) is 94.9 cm³/mol. The van der Waals surface area contributed by atoms with Gasteiger partial charge >= 0.3 is 0 Å². The molecular formula is C19H13N3O4. The number of hydrogen-bond donors (Lipinski definition) is 4. The molecule has 4 N–H and O–H groups in total. The first-order valence-electron chi connectivity index (χ1n) is 7.70. The number of aromatic nitrogens is 3. The van der Waals surface area contributed by atoms with E-state index in [0.717, 1.165) is 0 Å². The summed E-state index contributed by atoms with van der Waals surface area (Å²) in [4.78, 5) is 13.3. The van der Waals surface area contributed by atoms with Crippen LogP contribution in [0, 0.1) is 0 Å². The van der Waals surface area contributed by atoms with Crippen LogP contribution in [-0.2, 0) is 0 Å². The average Bonchev–Trinajstić information content (AvgIpc) is 2.65. The monoisotopic (exact) mass is 347 g/mol. The Balaban J connectivity index is 2.02. The first-order chi connectivity index (χ1) is 12.5. The molecule has 7 nitrogen and oxygen atoms in total. The molecule has 0 atom stereocenters. The van der Waals surface area contributed by atoms with Crippen LogP contribution in [0.15, 0.2) is 54.7 Å². The summed E-state index contributed by atoms with van der Waals surface area (Å²) in [5.41, 5.74) is 2.87. The van der Waals surface area contributed by atoms with Crippen LogP contribution in [0.5, 0.6) is 23.0 Å². The number of fused-ring (bicyclic) bond motifs is 1. The number of aromatic hydroxyl groups is 4. The molecule has 26 heavy (non-hydrogen) atoms. The van der Waals surface area contributed by atoms with Gasteiger partial charge in [-0.1, -0.05) is 0 Å². The van der Waals surface area contributed by atoms with Gasteiger partial charge in [-0.3, -0.25) is 0 Å². The maximum atomic E-state index is 9.83. The van der Waals surface area contributed by atoms with E-state index >= 15 is 0 Å². The molecule has 0 unspecified atom stereocenters. The molecule has 0 aliphatic carbocycles. The van der Waals surface area contributed by atoms with E-state index in [2.05, 4.69) is 15.0 Å². The van der Waals surface area contributed by atoms with E-state index in [-0.39, 0.29) is 23.0 Å². The lowest BCUT2D eigenvalue weighted by molar-refractivity contribution is 0.404. The molecule has 0 spiro atoms. The third kappa shape index (κ3) is 2.61. The molecule has 4 aromatic rings. The zero-order chi connectivity index (χ0) is 18.3. The molecule has 7 heteroatoms. The third-order valence-electron chi connectivity index (χ3n) is 3.94. The Morgan fingerprint density at radius 1 is 0.615 bits per heavy atom. The molecule has 2 aromatic heterocycles. The van der Waals surface area contributed by atoms with Crippen molar-refractivity contribution in [1.29, 1.82) is 0 Å². The Labute approximate surface area is 147 Å². The van der Waals surface area contributed by atoms with Crippen molar-refractivity contribution in [3.63, 3.8) is 0 Å². The highest BCUT2D eigenvalue weighted by Crippen LogP contribution is 2.37. The first kappa shape index (κ1) is 15.6. The molecule has 0 bridgehead atoms. The van der Waals surface area contributed by atoms with Crippen LogP contribution < -0.4 is 0 Å². The molecule has 0 fully saturated rings. The van der Waals surface area contributed by atoms with Crippen LogP contribution in [0.1, 0.15) is 0 Å². The van der Waals surface area contributed by atoms with Gasteiger partial charge in [-0.25, -0.2) is 15.0 Å². The number of phenols is 4. The van der Waals surface area contributed by atoms with E-state index in [1.54, 1.807) is 30.5 Å². The summed E-state index contributed by atoms with van der Waals surface area (Å²) in [7, 11) is 0. The van der Waals surface area contributed by atoms with Crippen molar-refractivity contribution < 1.29 is 20.4 Å². The summed E-state index contributed by atoms with van der Waals surface area (Å²) in [5.74, 6) is -1.06. The first-order valence-corrected chi connectivity index (χ1v) is 7.70. The van der Waals surface area contributed by atoms with E-state index in [0.29, 0.717) is 33.7 Å². The van der Waals surface area contributed by atoms with Gasteiger partial charge in [0.05, 0.1) is 11.4 Å². The average molecular weight is 347 g/mol. The molecule has 0 aliphatic rings. The number of pyridine rings is 1. The Morgan fingerprint density at radius 2 is 1.19 bits per heavy atom. The highest BCUT2D eigenvalue weighted by molar-refractivity contribution is 5.85. The molecule has 4 rings (SSSR count). The van der Waals surface area contributed by atoms with Gasteiger partial charge in [-0.05, 0) is 48.5 Å². The molecule has 0 saturated carbocycles. The summed E-state index contributed by atoms with van der Waals surface area (Å²) in [6, 6.07) is 12.2. The van der Waals surface area contributed by atoms with Crippen LogP contribution in [0.3, 0.4) is 0 Å². The van der Waals surface area contributed by atoms with Crippen molar-refractivity contribution in [2.24, 2.45) is 0 Å². The fraction of sp³-hybridized carbons (Fsp3) is 0. The summed E-state index contributed by atoms with van der Waals surface area (Å²) in [6.07, 6.45) is 1.60. The number of rotatable bonds is 2. The van der Waals surface area contributed by atoms with Crippen molar-refractivity contribution in [3.8, 4) is 45.5 Å². The second kappa shape index (κ2) is 5.89. The second-order valence-corrected chi connectivity index (χ2v) is 5.67. The molecule has 0 amide bonds.